The van der Waals surface area contributed by atoms with Crippen LogP contribution in [0.15, 0.2) is 18.3 Å². The van der Waals surface area contributed by atoms with Crippen molar-refractivity contribution in [2.24, 2.45) is 0 Å². The van der Waals surface area contributed by atoms with Gasteiger partial charge in [0.2, 0.25) is 0 Å². The van der Waals surface area contributed by atoms with Gasteiger partial charge >= 0.3 is 0 Å². The molecule has 0 fully saturated rings. The fourth-order valence-corrected chi connectivity index (χ4v) is 3.21. The predicted octanol–water partition coefficient (Wildman–Crippen LogP) is 3.84. The minimum atomic E-state index is 1.06. The van der Waals surface area contributed by atoms with E-state index in [9.17, 15) is 0 Å². The highest BCUT2D eigenvalue weighted by Gasteiger charge is 2.13. The summed E-state index contributed by atoms with van der Waals surface area (Å²) in [6, 6.07) is 0. The molecule has 1 aliphatic heterocycles. The Morgan fingerprint density at radius 2 is 2.19 bits per heavy atom. The highest BCUT2D eigenvalue weighted by atomic mass is 32.2. The molecule has 2 aliphatic rings. The lowest BCUT2D eigenvalue weighted by molar-refractivity contribution is 0.740. The Hall–Kier alpha value is -0.960. The monoisotopic (exact) mass is 232 g/mol. The van der Waals surface area contributed by atoms with Gasteiger partial charge in [0.1, 0.15) is 5.82 Å². The fraction of sp³-hybridized carbons (Fsp3) is 0.462. The first-order valence-corrected chi connectivity index (χ1v) is 7.00. The van der Waals surface area contributed by atoms with Crippen LogP contribution in [-0.4, -0.2) is 15.7 Å². The molecule has 0 saturated heterocycles. The Bertz CT molecular complexity index is 443. The molecule has 0 radical (unpaired) electrons. The summed E-state index contributed by atoms with van der Waals surface area (Å²) in [6.07, 6.45) is 12.9. The van der Waals surface area contributed by atoms with Crippen LogP contribution in [0.5, 0.6) is 0 Å². The van der Waals surface area contributed by atoms with E-state index in [0.717, 1.165) is 5.82 Å². The van der Waals surface area contributed by atoms with Gasteiger partial charge in [-0.05, 0) is 37.7 Å². The van der Waals surface area contributed by atoms with Gasteiger partial charge in [-0.1, -0.05) is 12.2 Å². The van der Waals surface area contributed by atoms with Crippen LogP contribution in [0.25, 0.3) is 10.5 Å². The van der Waals surface area contributed by atoms with Crippen LogP contribution in [0.4, 0.5) is 0 Å². The molecule has 0 saturated carbocycles. The Morgan fingerprint density at radius 1 is 1.19 bits per heavy atom. The van der Waals surface area contributed by atoms with E-state index in [1.54, 1.807) is 0 Å². The molecule has 0 amide bonds. The van der Waals surface area contributed by atoms with E-state index >= 15 is 0 Å². The van der Waals surface area contributed by atoms with E-state index in [1.165, 1.54) is 54.0 Å². The third-order valence-corrected chi connectivity index (χ3v) is 4.26. The molecule has 1 N–H and O–H groups in total. The first-order chi connectivity index (χ1) is 7.93. The number of aromatic nitrogens is 2. The second kappa shape index (κ2) is 4.50. The molecular formula is C13H16N2S. The van der Waals surface area contributed by atoms with E-state index in [2.05, 4.69) is 22.1 Å². The average molecular weight is 232 g/mol. The maximum atomic E-state index is 4.49. The Labute approximate surface area is 100 Å². The van der Waals surface area contributed by atoms with Crippen LogP contribution in [0.2, 0.25) is 0 Å². The SMILES string of the molecule is C1=C(c2cnc(C3=CCCS3)[nH]2)CCCC1. The van der Waals surface area contributed by atoms with Crippen molar-refractivity contribution in [3.8, 4) is 0 Å². The van der Waals surface area contributed by atoms with E-state index < -0.39 is 0 Å². The third kappa shape index (κ3) is 1.96. The van der Waals surface area contributed by atoms with E-state index in [0.29, 0.717) is 0 Å². The second-order valence-corrected chi connectivity index (χ2v) is 5.46. The van der Waals surface area contributed by atoms with Crippen LogP contribution in [0.1, 0.15) is 43.6 Å². The van der Waals surface area contributed by atoms with Gasteiger partial charge in [0, 0.05) is 10.7 Å². The Kier molecular flexibility index (Phi) is 2.87. The summed E-state index contributed by atoms with van der Waals surface area (Å²) in [5, 5.41) is 0. The summed E-state index contributed by atoms with van der Waals surface area (Å²) in [5.41, 5.74) is 2.68. The van der Waals surface area contributed by atoms with E-state index in [4.69, 9.17) is 0 Å². The van der Waals surface area contributed by atoms with Crippen LogP contribution >= 0.6 is 11.8 Å². The van der Waals surface area contributed by atoms with Crippen molar-refractivity contribution < 1.29 is 0 Å². The largest absolute Gasteiger partial charge is 0.338 e. The minimum Gasteiger partial charge on any atom is -0.338 e. The van der Waals surface area contributed by atoms with Gasteiger partial charge in [-0.3, -0.25) is 0 Å². The number of nitrogens with one attached hydrogen (secondary N) is 1. The molecule has 0 atom stereocenters. The molecule has 0 bridgehead atoms. The van der Waals surface area contributed by atoms with Crippen LogP contribution < -0.4 is 0 Å². The van der Waals surface area contributed by atoms with Gasteiger partial charge in [0.25, 0.3) is 0 Å². The van der Waals surface area contributed by atoms with Crippen LogP contribution in [0.3, 0.4) is 0 Å². The first-order valence-electron chi connectivity index (χ1n) is 6.01. The van der Waals surface area contributed by atoms with Gasteiger partial charge in [-0.25, -0.2) is 4.98 Å². The van der Waals surface area contributed by atoms with Gasteiger partial charge < -0.3 is 4.98 Å². The molecule has 0 unspecified atom stereocenters. The Balaban J connectivity index is 1.84. The van der Waals surface area contributed by atoms with Crippen LogP contribution in [0, 0.1) is 0 Å². The van der Waals surface area contributed by atoms with Crippen molar-refractivity contribution >= 4 is 22.2 Å². The summed E-state index contributed by atoms with van der Waals surface area (Å²) in [5.74, 6) is 2.26. The molecule has 0 aromatic carbocycles. The zero-order chi connectivity index (χ0) is 10.8. The molecule has 2 heterocycles. The zero-order valence-electron chi connectivity index (χ0n) is 9.33. The first kappa shape index (κ1) is 10.2. The van der Waals surface area contributed by atoms with E-state index in [1.807, 2.05) is 18.0 Å². The quantitative estimate of drug-likeness (QED) is 0.839. The maximum Gasteiger partial charge on any atom is 0.143 e. The smallest absolute Gasteiger partial charge is 0.143 e. The topological polar surface area (TPSA) is 28.7 Å². The lowest BCUT2D eigenvalue weighted by atomic mass is 9.98. The van der Waals surface area contributed by atoms with Crippen LogP contribution in [-0.2, 0) is 0 Å². The molecule has 3 rings (SSSR count). The lowest BCUT2D eigenvalue weighted by Gasteiger charge is -2.10. The lowest BCUT2D eigenvalue weighted by Crippen LogP contribution is -1.92. The second-order valence-electron chi connectivity index (χ2n) is 4.33. The molecular weight excluding hydrogens is 216 g/mol. The summed E-state index contributed by atoms with van der Waals surface area (Å²) >= 11 is 1.90. The highest BCUT2D eigenvalue weighted by Crippen LogP contribution is 2.33. The van der Waals surface area contributed by atoms with Crippen molar-refractivity contribution in [1.82, 2.24) is 9.97 Å². The standard InChI is InChI=1S/C13H16N2S/c1-2-5-10(6-3-1)11-9-14-13(15-11)12-7-4-8-16-12/h5,7,9H,1-4,6,8H2,(H,14,15). The third-order valence-electron chi connectivity index (χ3n) is 3.15. The minimum absolute atomic E-state index is 1.06. The highest BCUT2D eigenvalue weighted by molar-refractivity contribution is 8.08. The van der Waals surface area contributed by atoms with Crippen molar-refractivity contribution in [2.45, 2.75) is 32.1 Å². The van der Waals surface area contributed by atoms with Crippen molar-refractivity contribution in [1.29, 1.82) is 0 Å². The van der Waals surface area contributed by atoms with Gasteiger partial charge in [0.05, 0.1) is 11.9 Å². The van der Waals surface area contributed by atoms with Crippen molar-refractivity contribution in [3.05, 3.63) is 29.9 Å². The number of H-pyrrole nitrogens is 1. The van der Waals surface area contributed by atoms with Gasteiger partial charge in [-0.2, -0.15) is 0 Å². The number of hydrogen-bond donors (Lipinski definition) is 1. The fourth-order valence-electron chi connectivity index (χ4n) is 2.28. The number of imidazole rings is 1. The maximum absolute atomic E-state index is 4.49. The predicted molar refractivity (Wildman–Crippen MR) is 70.1 cm³/mol. The normalized spacial score (nSPS) is 20.8. The number of rotatable bonds is 2. The van der Waals surface area contributed by atoms with Gasteiger partial charge in [0.15, 0.2) is 0 Å². The molecule has 16 heavy (non-hydrogen) atoms. The summed E-state index contributed by atoms with van der Waals surface area (Å²) in [7, 11) is 0. The number of hydrogen-bond acceptors (Lipinski definition) is 2. The number of nitrogens with zero attached hydrogens (tertiary/aromatic N) is 1. The summed E-state index contributed by atoms with van der Waals surface area (Å²) in [6.45, 7) is 0. The summed E-state index contributed by atoms with van der Waals surface area (Å²) < 4.78 is 0. The van der Waals surface area contributed by atoms with Gasteiger partial charge in [-0.15, -0.1) is 11.8 Å². The molecule has 0 spiro atoms. The zero-order valence-corrected chi connectivity index (χ0v) is 10.1. The molecule has 1 aromatic rings. The molecule has 3 heteroatoms. The number of aromatic amines is 1. The average Bonchev–Trinajstić information content (AvgIpc) is 3.01. The molecule has 84 valence electrons. The van der Waals surface area contributed by atoms with Crippen molar-refractivity contribution in [2.75, 3.05) is 5.75 Å². The van der Waals surface area contributed by atoms with Crippen molar-refractivity contribution in [3.63, 3.8) is 0 Å². The molecule has 1 aliphatic carbocycles. The summed E-state index contributed by atoms with van der Waals surface area (Å²) in [4.78, 5) is 9.27. The number of thioether (sulfide) groups is 1. The Morgan fingerprint density at radius 3 is 2.94 bits per heavy atom. The molecule has 1 aromatic heterocycles. The number of allylic oxidation sites excluding steroid dienone is 3. The van der Waals surface area contributed by atoms with E-state index in [-0.39, 0.29) is 0 Å². The molecule has 2 nitrogen and oxygen atoms in total.